The van der Waals surface area contributed by atoms with Crippen molar-refractivity contribution in [2.75, 3.05) is 46.2 Å². The number of rotatable bonds is 8. The Bertz CT molecular complexity index is 318. The number of nitrogens with zero attached hydrogens (tertiary/aromatic N) is 1. The Balaban J connectivity index is 2.14. The lowest BCUT2D eigenvalue weighted by Crippen LogP contribution is -2.26. The molecule has 1 rings (SSSR count). The maximum atomic E-state index is 5.67. The van der Waals surface area contributed by atoms with Crippen LogP contribution in [0.2, 0.25) is 0 Å². The fourth-order valence-electron chi connectivity index (χ4n) is 1.51. The van der Waals surface area contributed by atoms with Crippen LogP contribution >= 0.6 is 0 Å². The van der Waals surface area contributed by atoms with Crippen molar-refractivity contribution in [1.82, 2.24) is 4.90 Å². The monoisotopic (exact) mass is 238 g/mol. The van der Waals surface area contributed by atoms with E-state index in [0.717, 1.165) is 37.6 Å². The number of likely N-dealkylation sites (N-methyl/N-ethyl adjacent to an activating group) is 1. The molecule has 0 amide bonds. The van der Waals surface area contributed by atoms with Crippen LogP contribution in [-0.2, 0) is 4.74 Å². The van der Waals surface area contributed by atoms with Gasteiger partial charge in [0.25, 0.3) is 0 Å². The van der Waals surface area contributed by atoms with Gasteiger partial charge in [0.15, 0.2) is 0 Å². The Labute approximate surface area is 103 Å². The molecule has 0 saturated heterocycles. The summed E-state index contributed by atoms with van der Waals surface area (Å²) in [4.78, 5) is 2.23. The molecular weight excluding hydrogens is 216 g/mol. The molecule has 0 fully saturated rings. The summed E-state index contributed by atoms with van der Waals surface area (Å²) in [6.07, 6.45) is 1.05. The first-order valence-electron chi connectivity index (χ1n) is 5.88. The highest BCUT2D eigenvalue weighted by molar-refractivity contribution is 5.43. The summed E-state index contributed by atoms with van der Waals surface area (Å²) in [5, 5.41) is 0. The molecule has 0 radical (unpaired) electrons. The first-order valence-corrected chi connectivity index (χ1v) is 5.88. The summed E-state index contributed by atoms with van der Waals surface area (Å²) >= 11 is 0. The van der Waals surface area contributed by atoms with Crippen LogP contribution < -0.4 is 10.5 Å². The SMILES string of the molecule is COCCCN(C)CCOc1cccc(N)c1. The number of anilines is 1. The van der Waals surface area contributed by atoms with Gasteiger partial charge in [0.2, 0.25) is 0 Å². The number of ether oxygens (including phenoxy) is 2. The normalized spacial score (nSPS) is 10.8. The average Bonchev–Trinajstić information content (AvgIpc) is 2.29. The number of benzene rings is 1. The number of methoxy groups -OCH3 is 1. The summed E-state index contributed by atoms with van der Waals surface area (Å²) in [5.41, 5.74) is 6.40. The summed E-state index contributed by atoms with van der Waals surface area (Å²) in [5.74, 6) is 0.829. The summed E-state index contributed by atoms with van der Waals surface area (Å²) in [6.45, 7) is 3.40. The van der Waals surface area contributed by atoms with Crippen molar-refractivity contribution < 1.29 is 9.47 Å². The number of nitrogens with two attached hydrogens (primary N) is 1. The zero-order valence-corrected chi connectivity index (χ0v) is 10.7. The van der Waals surface area contributed by atoms with Gasteiger partial charge in [-0.25, -0.2) is 0 Å². The molecule has 96 valence electrons. The van der Waals surface area contributed by atoms with E-state index in [1.54, 1.807) is 7.11 Å². The third kappa shape index (κ3) is 6.14. The maximum absolute atomic E-state index is 5.67. The molecular formula is C13H22N2O2. The maximum Gasteiger partial charge on any atom is 0.121 e. The molecule has 0 atom stereocenters. The van der Waals surface area contributed by atoms with Crippen molar-refractivity contribution in [3.63, 3.8) is 0 Å². The highest BCUT2D eigenvalue weighted by Crippen LogP contribution is 2.14. The zero-order chi connectivity index (χ0) is 12.5. The van der Waals surface area contributed by atoms with Crippen LogP contribution in [0.5, 0.6) is 5.75 Å². The number of hydrogen-bond donors (Lipinski definition) is 1. The molecule has 0 aliphatic heterocycles. The fraction of sp³-hybridized carbons (Fsp3) is 0.538. The van der Waals surface area contributed by atoms with E-state index in [-0.39, 0.29) is 0 Å². The minimum Gasteiger partial charge on any atom is -0.492 e. The van der Waals surface area contributed by atoms with E-state index in [2.05, 4.69) is 11.9 Å². The predicted molar refractivity (Wildman–Crippen MR) is 70.3 cm³/mol. The van der Waals surface area contributed by atoms with Crippen LogP contribution in [0.3, 0.4) is 0 Å². The van der Waals surface area contributed by atoms with Crippen LogP contribution in [-0.4, -0.2) is 45.4 Å². The Morgan fingerprint density at radius 1 is 1.24 bits per heavy atom. The van der Waals surface area contributed by atoms with E-state index < -0.39 is 0 Å². The molecule has 0 aromatic heterocycles. The third-order valence-electron chi connectivity index (χ3n) is 2.49. The molecule has 0 aliphatic carbocycles. The largest absolute Gasteiger partial charge is 0.492 e. The molecule has 0 unspecified atom stereocenters. The van der Waals surface area contributed by atoms with Gasteiger partial charge in [-0.15, -0.1) is 0 Å². The zero-order valence-electron chi connectivity index (χ0n) is 10.7. The van der Waals surface area contributed by atoms with E-state index in [0.29, 0.717) is 6.61 Å². The van der Waals surface area contributed by atoms with Crippen molar-refractivity contribution in [2.24, 2.45) is 0 Å². The fourth-order valence-corrected chi connectivity index (χ4v) is 1.51. The molecule has 0 saturated carbocycles. The van der Waals surface area contributed by atoms with Gasteiger partial charge in [0.05, 0.1) is 0 Å². The molecule has 0 bridgehead atoms. The minimum atomic E-state index is 0.674. The topological polar surface area (TPSA) is 47.7 Å². The second kappa shape index (κ2) is 7.92. The van der Waals surface area contributed by atoms with Crippen molar-refractivity contribution in [2.45, 2.75) is 6.42 Å². The van der Waals surface area contributed by atoms with Crippen molar-refractivity contribution in [3.05, 3.63) is 24.3 Å². The second-order valence-corrected chi connectivity index (χ2v) is 4.07. The molecule has 0 aliphatic rings. The average molecular weight is 238 g/mol. The smallest absolute Gasteiger partial charge is 0.121 e. The second-order valence-electron chi connectivity index (χ2n) is 4.07. The van der Waals surface area contributed by atoms with Crippen LogP contribution in [0.15, 0.2) is 24.3 Å². The Hall–Kier alpha value is -1.26. The summed E-state index contributed by atoms with van der Waals surface area (Å²) in [6, 6.07) is 7.50. The van der Waals surface area contributed by atoms with Crippen LogP contribution in [0.25, 0.3) is 0 Å². The van der Waals surface area contributed by atoms with E-state index in [1.165, 1.54) is 0 Å². The van der Waals surface area contributed by atoms with E-state index in [4.69, 9.17) is 15.2 Å². The molecule has 4 heteroatoms. The quantitative estimate of drug-likeness (QED) is 0.552. The lowest BCUT2D eigenvalue weighted by molar-refractivity contribution is 0.172. The molecule has 0 spiro atoms. The Kier molecular flexibility index (Phi) is 6.43. The van der Waals surface area contributed by atoms with Gasteiger partial charge in [-0.05, 0) is 25.6 Å². The highest BCUT2D eigenvalue weighted by Gasteiger charge is 1.99. The van der Waals surface area contributed by atoms with Gasteiger partial charge in [-0.2, -0.15) is 0 Å². The lowest BCUT2D eigenvalue weighted by atomic mass is 10.3. The van der Waals surface area contributed by atoms with Crippen molar-refractivity contribution >= 4 is 5.69 Å². The summed E-state index contributed by atoms with van der Waals surface area (Å²) < 4.78 is 10.6. The molecule has 17 heavy (non-hydrogen) atoms. The van der Waals surface area contributed by atoms with Gasteiger partial charge in [0, 0.05) is 38.6 Å². The van der Waals surface area contributed by atoms with Gasteiger partial charge in [-0.1, -0.05) is 6.07 Å². The van der Waals surface area contributed by atoms with Gasteiger partial charge in [0.1, 0.15) is 12.4 Å². The van der Waals surface area contributed by atoms with Gasteiger partial charge >= 0.3 is 0 Å². The first-order chi connectivity index (χ1) is 8.22. The molecule has 1 aromatic carbocycles. The van der Waals surface area contributed by atoms with E-state index in [1.807, 2.05) is 24.3 Å². The minimum absolute atomic E-state index is 0.674. The molecule has 4 nitrogen and oxygen atoms in total. The van der Waals surface area contributed by atoms with Crippen molar-refractivity contribution in [3.8, 4) is 5.75 Å². The van der Waals surface area contributed by atoms with Crippen molar-refractivity contribution in [1.29, 1.82) is 0 Å². The number of nitrogen functional groups attached to an aromatic ring is 1. The van der Waals surface area contributed by atoms with Crippen LogP contribution in [0.1, 0.15) is 6.42 Å². The molecule has 2 N–H and O–H groups in total. The first kappa shape index (κ1) is 13.8. The Morgan fingerprint density at radius 2 is 2.06 bits per heavy atom. The van der Waals surface area contributed by atoms with Crippen LogP contribution in [0.4, 0.5) is 5.69 Å². The predicted octanol–water partition coefficient (Wildman–Crippen LogP) is 1.62. The van der Waals surface area contributed by atoms with E-state index >= 15 is 0 Å². The van der Waals surface area contributed by atoms with Gasteiger partial charge in [-0.3, -0.25) is 0 Å². The number of hydrogen-bond acceptors (Lipinski definition) is 4. The molecule has 0 heterocycles. The highest BCUT2D eigenvalue weighted by atomic mass is 16.5. The van der Waals surface area contributed by atoms with Crippen LogP contribution in [0, 0.1) is 0 Å². The summed E-state index contributed by atoms with van der Waals surface area (Å²) in [7, 11) is 3.81. The van der Waals surface area contributed by atoms with E-state index in [9.17, 15) is 0 Å². The lowest BCUT2D eigenvalue weighted by Gasteiger charge is -2.16. The molecule has 1 aromatic rings. The standard InChI is InChI=1S/C13H22N2O2/c1-15(7-4-9-16-2)8-10-17-13-6-3-5-12(14)11-13/h3,5-6,11H,4,7-10,14H2,1-2H3. The Morgan fingerprint density at radius 3 is 2.76 bits per heavy atom. The van der Waals surface area contributed by atoms with Gasteiger partial charge < -0.3 is 20.1 Å². The third-order valence-corrected chi connectivity index (χ3v) is 2.49.